The molecule has 0 saturated carbocycles. The lowest BCUT2D eigenvalue weighted by Gasteiger charge is -2.26. The summed E-state index contributed by atoms with van der Waals surface area (Å²) in [5.41, 5.74) is 1.55. The maximum atomic E-state index is 12.3. The summed E-state index contributed by atoms with van der Waals surface area (Å²) in [5.74, 6) is 6.46. The normalized spacial score (nSPS) is 13.1. The minimum Gasteiger partial charge on any atom is -0.350 e. The Balaban J connectivity index is 2.14. The zero-order valence-corrected chi connectivity index (χ0v) is 15.8. The Kier molecular flexibility index (Phi) is 5.22. The molecule has 1 unspecified atom stereocenters. The first kappa shape index (κ1) is 18.3. The number of nitrogens with one attached hydrogen (secondary N) is 1. The number of rotatable bonds is 6. The molecule has 0 radical (unpaired) electrons. The third-order valence-corrected chi connectivity index (χ3v) is 4.90. The predicted molar refractivity (Wildman–Crippen MR) is 94.6 cm³/mol. The van der Waals surface area contributed by atoms with Gasteiger partial charge in [0.25, 0.3) is 5.95 Å². The second kappa shape index (κ2) is 6.84. The highest BCUT2D eigenvalue weighted by Crippen LogP contribution is 2.23. The second-order valence-corrected chi connectivity index (χ2v) is 7.79. The number of hydrogen-bond donors (Lipinski definition) is 2. The Bertz CT molecular complexity index is 734. The lowest BCUT2D eigenvalue weighted by atomic mass is 10.0. The summed E-state index contributed by atoms with van der Waals surface area (Å²) in [6, 6.07) is 1.93. The van der Waals surface area contributed by atoms with Gasteiger partial charge in [-0.15, -0.1) is 10.2 Å². The van der Waals surface area contributed by atoms with Gasteiger partial charge in [0.15, 0.2) is 0 Å². The minimum atomic E-state index is -0.337. The number of carbonyl (C=O) groups excluding carboxylic acids is 1. The van der Waals surface area contributed by atoms with Crippen LogP contribution in [0.15, 0.2) is 11.2 Å². The van der Waals surface area contributed by atoms with Crippen LogP contribution in [0.25, 0.3) is 5.95 Å². The molecule has 24 heavy (non-hydrogen) atoms. The van der Waals surface area contributed by atoms with E-state index >= 15 is 0 Å². The third kappa shape index (κ3) is 3.89. The van der Waals surface area contributed by atoms with Gasteiger partial charge in [-0.2, -0.15) is 5.10 Å². The highest BCUT2D eigenvalue weighted by atomic mass is 32.2. The van der Waals surface area contributed by atoms with E-state index in [1.54, 1.807) is 4.68 Å². The summed E-state index contributed by atoms with van der Waals surface area (Å²) in [6.07, 6.45) is 0.852. The molecule has 0 fully saturated rings. The van der Waals surface area contributed by atoms with E-state index in [2.05, 4.69) is 20.6 Å². The Morgan fingerprint density at radius 3 is 2.62 bits per heavy atom. The van der Waals surface area contributed by atoms with Gasteiger partial charge in [0.05, 0.1) is 10.9 Å². The van der Waals surface area contributed by atoms with Gasteiger partial charge in [-0.05, 0) is 47.1 Å². The minimum absolute atomic E-state index is 0.0532. The van der Waals surface area contributed by atoms with Gasteiger partial charge < -0.3 is 11.2 Å². The summed E-state index contributed by atoms with van der Waals surface area (Å²) in [7, 11) is 0. The fraction of sp³-hybridized carbons (Fsp3) is 0.600. The topological polar surface area (TPSA) is 104 Å². The van der Waals surface area contributed by atoms with Crippen molar-refractivity contribution in [1.29, 1.82) is 0 Å². The molecule has 0 aromatic carbocycles. The molecule has 9 heteroatoms. The summed E-state index contributed by atoms with van der Waals surface area (Å²) in [6.45, 7) is 11.7. The zero-order valence-electron chi connectivity index (χ0n) is 15.0. The Morgan fingerprint density at radius 2 is 2.08 bits per heavy atom. The van der Waals surface area contributed by atoms with E-state index in [1.165, 1.54) is 16.4 Å². The summed E-state index contributed by atoms with van der Waals surface area (Å²) in [5, 5.41) is 15.7. The fourth-order valence-electron chi connectivity index (χ4n) is 2.06. The average molecular weight is 351 g/mol. The van der Waals surface area contributed by atoms with Crippen molar-refractivity contribution in [3.05, 3.63) is 17.5 Å². The molecule has 3 N–H and O–H groups in total. The molecule has 1 amide bonds. The molecule has 0 aliphatic carbocycles. The molecule has 0 saturated heterocycles. The number of aromatic nitrogens is 5. The van der Waals surface area contributed by atoms with E-state index in [1.807, 2.05) is 47.6 Å². The molecular weight excluding hydrogens is 326 g/mol. The quantitative estimate of drug-likeness (QED) is 0.605. The van der Waals surface area contributed by atoms with Gasteiger partial charge in [-0.1, -0.05) is 18.7 Å². The van der Waals surface area contributed by atoms with Gasteiger partial charge in [-0.25, -0.2) is 9.36 Å². The summed E-state index contributed by atoms with van der Waals surface area (Å²) < 4.78 is 3.00. The molecule has 0 aliphatic rings. The van der Waals surface area contributed by atoms with Crippen molar-refractivity contribution in [3.8, 4) is 5.95 Å². The van der Waals surface area contributed by atoms with Gasteiger partial charge in [0, 0.05) is 11.2 Å². The third-order valence-electron chi connectivity index (χ3n) is 3.84. The standard InChI is InChI=1S/C15H25N7OS/c1-7-15(5,6)17-12(23)11(4)24-14-19-18-13(21(14)16)22-10(3)8-9(2)20-22/h8,11H,7,16H2,1-6H3,(H,17,23). The highest BCUT2D eigenvalue weighted by Gasteiger charge is 2.25. The molecule has 8 nitrogen and oxygen atoms in total. The number of hydrogen-bond acceptors (Lipinski definition) is 6. The van der Waals surface area contributed by atoms with Gasteiger partial charge in [0.1, 0.15) is 0 Å². The van der Waals surface area contributed by atoms with Crippen molar-refractivity contribution in [2.75, 3.05) is 5.84 Å². The Labute approximate surface area is 146 Å². The number of nitrogen functional groups attached to an aromatic ring is 1. The van der Waals surface area contributed by atoms with Crippen LogP contribution >= 0.6 is 11.8 Å². The molecule has 132 valence electrons. The largest absolute Gasteiger partial charge is 0.350 e. The van der Waals surface area contributed by atoms with Crippen LogP contribution in [0.2, 0.25) is 0 Å². The monoisotopic (exact) mass is 351 g/mol. The van der Waals surface area contributed by atoms with Crippen LogP contribution in [0.1, 0.15) is 45.5 Å². The predicted octanol–water partition coefficient (Wildman–Crippen LogP) is 1.58. The van der Waals surface area contributed by atoms with E-state index in [-0.39, 0.29) is 16.7 Å². The van der Waals surface area contributed by atoms with E-state index in [9.17, 15) is 4.79 Å². The molecular formula is C15H25N7OS. The molecule has 0 bridgehead atoms. The van der Waals surface area contributed by atoms with Crippen molar-refractivity contribution in [2.24, 2.45) is 0 Å². The molecule has 2 rings (SSSR count). The van der Waals surface area contributed by atoms with Crippen molar-refractivity contribution in [1.82, 2.24) is 30.0 Å². The maximum Gasteiger partial charge on any atom is 0.271 e. The van der Waals surface area contributed by atoms with Crippen LogP contribution in [-0.4, -0.2) is 41.3 Å². The molecule has 2 heterocycles. The Morgan fingerprint density at radius 1 is 1.42 bits per heavy atom. The van der Waals surface area contributed by atoms with Crippen molar-refractivity contribution in [2.45, 2.75) is 63.9 Å². The first-order valence-electron chi connectivity index (χ1n) is 7.87. The van der Waals surface area contributed by atoms with Crippen LogP contribution in [0, 0.1) is 13.8 Å². The van der Waals surface area contributed by atoms with E-state index < -0.39 is 0 Å². The number of aryl methyl sites for hydroxylation is 2. The van der Waals surface area contributed by atoms with Crippen molar-refractivity contribution in [3.63, 3.8) is 0 Å². The molecule has 2 aromatic rings. The number of amides is 1. The fourth-order valence-corrected chi connectivity index (χ4v) is 2.83. The van der Waals surface area contributed by atoms with E-state index in [0.29, 0.717) is 11.1 Å². The van der Waals surface area contributed by atoms with Crippen LogP contribution in [-0.2, 0) is 4.79 Å². The second-order valence-electron chi connectivity index (χ2n) is 6.48. The molecule has 2 aromatic heterocycles. The average Bonchev–Trinajstić information content (AvgIpc) is 3.01. The van der Waals surface area contributed by atoms with Gasteiger partial charge >= 0.3 is 0 Å². The molecule has 0 aliphatic heterocycles. The van der Waals surface area contributed by atoms with Crippen LogP contribution in [0.4, 0.5) is 0 Å². The van der Waals surface area contributed by atoms with E-state index in [0.717, 1.165) is 17.8 Å². The smallest absolute Gasteiger partial charge is 0.271 e. The zero-order chi connectivity index (χ0) is 18.1. The van der Waals surface area contributed by atoms with Crippen LogP contribution in [0.5, 0.6) is 0 Å². The number of nitrogens with two attached hydrogens (primary N) is 1. The molecule has 1 atom stereocenters. The SMILES string of the molecule is CCC(C)(C)NC(=O)C(C)Sc1nnc(-n2nc(C)cc2C)n1N. The van der Waals surface area contributed by atoms with Crippen molar-refractivity contribution >= 4 is 17.7 Å². The lowest BCUT2D eigenvalue weighted by Crippen LogP contribution is -2.46. The number of thioether (sulfide) groups is 1. The summed E-state index contributed by atoms with van der Waals surface area (Å²) in [4.78, 5) is 12.3. The highest BCUT2D eigenvalue weighted by molar-refractivity contribution is 8.00. The summed E-state index contributed by atoms with van der Waals surface area (Å²) >= 11 is 1.27. The number of nitrogens with zero attached hydrogens (tertiary/aromatic N) is 5. The molecule has 0 spiro atoms. The first-order chi connectivity index (χ1) is 11.1. The maximum absolute atomic E-state index is 12.3. The van der Waals surface area contributed by atoms with Crippen molar-refractivity contribution < 1.29 is 4.79 Å². The van der Waals surface area contributed by atoms with Gasteiger partial charge in [0.2, 0.25) is 11.1 Å². The van der Waals surface area contributed by atoms with Gasteiger partial charge in [-0.3, -0.25) is 4.79 Å². The lowest BCUT2D eigenvalue weighted by molar-refractivity contribution is -0.121. The van der Waals surface area contributed by atoms with Crippen LogP contribution < -0.4 is 11.2 Å². The Hall–Kier alpha value is -2.03. The van der Waals surface area contributed by atoms with E-state index in [4.69, 9.17) is 5.84 Å². The number of carbonyl (C=O) groups is 1. The first-order valence-corrected chi connectivity index (χ1v) is 8.75. The van der Waals surface area contributed by atoms with Crippen LogP contribution in [0.3, 0.4) is 0 Å².